The second-order valence-corrected chi connectivity index (χ2v) is 6.68. The summed E-state index contributed by atoms with van der Waals surface area (Å²) >= 11 is 9.25. The Morgan fingerprint density at radius 2 is 2.13 bits per heavy atom. The monoisotopic (exact) mass is 395 g/mol. The summed E-state index contributed by atoms with van der Waals surface area (Å²) in [5.41, 5.74) is 0.595. The number of aromatic nitrogens is 2. The molecular weight excluding hydrogens is 382 g/mol. The lowest BCUT2D eigenvalue weighted by molar-refractivity contribution is 0.0515. The molecule has 0 bridgehead atoms. The summed E-state index contributed by atoms with van der Waals surface area (Å²) in [6.45, 7) is 1.23. The number of carbonyl (C=O) groups excluding carboxylic acids is 1. The second kappa shape index (κ2) is 7.27. The Morgan fingerprint density at radius 3 is 2.87 bits per heavy atom. The van der Waals surface area contributed by atoms with Crippen LogP contribution in [-0.4, -0.2) is 40.0 Å². The Labute approximate surface area is 147 Å². The molecule has 2 aromatic rings. The molecule has 1 aliphatic heterocycles. The van der Waals surface area contributed by atoms with Crippen molar-refractivity contribution in [3.05, 3.63) is 51.7 Å². The average Bonchev–Trinajstić information content (AvgIpc) is 2.56. The van der Waals surface area contributed by atoms with Crippen LogP contribution in [0.3, 0.4) is 0 Å². The molecule has 5 nitrogen and oxygen atoms in total. The van der Waals surface area contributed by atoms with Gasteiger partial charge in [-0.3, -0.25) is 4.79 Å². The Hall–Kier alpha value is -1.66. The van der Waals surface area contributed by atoms with Crippen molar-refractivity contribution in [2.45, 2.75) is 18.9 Å². The van der Waals surface area contributed by atoms with Crippen LogP contribution in [0.2, 0.25) is 5.02 Å². The zero-order chi connectivity index (χ0) is 16.2. The fourth-order valence-corrected chi connectivity index (χ4v) is 2.93. The Kier molecular flexibility index (Phi) is 5.13. The molecule has 7 heteroatoms. The highest BCUT2D eigenvalue weighted by Gasteiger charge is 2.26. The number of carbonyl (C=O) groups is 1. The van der Waals surface area contributed by atoms with Crippen LogP contribution in [0.4, 0.5) is 0 Å². The van der Waals surface area contributed by atoms with Gasteiger partial charge in [0.2, 0.25) is 0 Å². The van der Waals surface area contributed by atoms with Crippen LogP contribution < -0.4 is 4.74 Å². The van der Waals surface area contributed by atoms with E-state index in [9.17, 15) is 4.79 Å². The van der Waals surface area contributed by atoms with E-state index in [0.717, 1.165) is 17.3 Å². The summed E-state index contributed by atoms with van der Waals surface area (Å²) in [7, 11) is 0. The minimum absolute atomic E-state index is 0.0301. The molecule has 1 amide bonds. The van der Waals surface area contributed by atoms with Crippen LogP contribution in [0.5, 0.6) is 6.01 Å². The maximum atomic E-state index is 12.6. The lowest BCUT2D eigenvalue weighted by Gasteiger charge is -2.32. The van der Waals surface area contributed by atoms with E-state index in [0.29, 0.717) is 29.7 Å². The number of likely N-dealkylation sites (tertiary alicyclic amines) is 1. The maximum absolute atomic E-state index is 12.6. The predicted octanol–water partition coefficient (Wildman–Crippen LogP) is 3.58. The molecule has 1 saturated heterocycles. The Bertz CT molecular complexity index is 696. The van der Waals surface area contributed by atoms with Crippen molar-refractivity contribution in [2.75, 3.05) is 13.1 Å². The van der Waals surface area contributed by atoms with Gasteiger partial charge in [-0.1, -0.05) is 17.7 Å². The fraction of sp³-hybridized carbons (Fsp3) is 0.312. The summed E-state index contributed by atoms with van der Waals surface area (Å²) in [6.07, 6.45) is 4.93. The lowest BCUT2D eigenvalue weighted by atomic mass is 10.1. The number of hydrogen-bond donors (Lipinski definition) is 0. The van der Waals surface area contributed by atoms with E-state index >= 15 is 0 Å². The van der Waals surface area contributed by atoms with Crippen LogP contribution in [0.25, 0.3) is 0 Å². The molecular formula is C16H15BrClN3O2. The predicted molar refractivity (Wildman–Crippen MR) is 90.7 cm³/mol. The van der Waals surface area contributed by atoms with E-state index in [-0.39, 0.29) is 12.0 Å². The lowest BCUT2D eigenvalue weighted by Crippen LogP contribution is -2.44. The normalized spacial score (nSPS) is 17.8. The third-order valence-electron chi connectivity index (χ3n) is 3.61. The van der Waals surface area contributed by atoms with Gasteiger partial charge in [0.25, 0.3) is 5.91 Å². The standard InChI is InChI=1S/C16H15BrClN3O2/c17-12-8-19-16(20-9-12)23-14-5-2-6-21(10-14)15(22)11-3-1-4-13(18)7-11/h1,3-4,7-9,14H,2,5-6,10H2. The van der Waals surface area contributed by atoms with Gasteiger partial charge in [-0.15, -0.1) is 0 Å². The van der Waals surface area contributed by atoms with Crippen LogP contribution >= 0.6 is 27.5 Å². The number of benzene rings is 1. The zero-order valence-electron chi connectivity index (χ0n) is 12.3. The van der Waals surface area contributed by atoms with E-state index in [1.165, 1.54) is 0 Å². The molecule has 120 valence electrons. The van der Waals surface area contributed by atoms with Gasteiger partial charge < -0.3 is 9.64 Å². The topological polar surface area (TPSA) is 55.3 Å². The van der Waals surface area contributed by atoms with Crippen molar-refractivity contribution in [2.24, 2.45) is 0 Å². The van der Waals surface area contributed by atoms with Crippen LogP contribution in [0.1, 0.15) is 23.2 Å². The number of nitrogens with zero attached hydrogens (tertiary/aromatic N) is 3. The first-order valence-corrected chi connectivity index (χ1v) is 8.48. The first-order chi connectivity index (χ1) is 11.1. The number of ether oxygens (including phenoxy) is 1. The minimum atomic E-state index is -0.104. The van der Waals surface area contributed by atoms with Crippen LogP contribution in [0.15, 0.2) is 41.1 Å². The van der Waals surface area contributed by atoms with E-state index in [1.807, 2.05) is 0 Å². The van der Waals surface area contributed by atoms with Gasteiger partial charge in [0, 0.05) is 29.5 Å². The number of amides is 1. The maximum Gasteiger partial charge on any atom is 0.316 e. The van der Waals surface area contributed by atoms with Crippen molar-refractivity contribution in [1.82, 2.24) is 14.9 Å². The van der Waals surface area contributed by atoms with Crippen LogP contribution in [0, 0.1) is 0 Å². The van der Waals surface area contributed by atoms with E-state index in [4.69, 9.17) is 16.3 Å². The number of halogens is 2. The van der Waals surface area contributed by atoms with Gasteiger partial charge in [-0.25, -0.2) is 9.97 Å². The third kappa shape index (κ3) is 4.20. The largest absolute Gasteiger partial charge is 0.458 e. The van der Waals surface area contributed by atoms with E-state index in [2.05, 4.69) is 25.9 Å². The third-order valence-corrected chi connectivity index (χ3v) is 4.25. The summed E-state index contributed by atoms with van der Waals surface area (Å²) in [6, 6.07) is 7.33. The molecule has 0 N–H and O–H groups in total. The molecule has 3 rings (SSSR count). The SMILES string of the molecule is O=C(c1cccc(Cl)c1)N1CCCC(Oc2ncc(Br)cn2)C1. The molecule has 0 radical (unpaired) electrons. The van der Waals surface area contributed by atoms with Gasteiger partial charge >= 0.3 is 6.01 Å². The second-order valence-electron chi connectivity index (χ2n) is 5.33. The van der Waals surface area contributed by atoms with Gasteiger partial charge in [0.1, 0.15) is 6.10 Å². The molecule has 1 unspecified atom stereocenters. The summed E-state index contributed by atoms with van der Waals surface area (Å²) in [5, 5.41) is 0.559. The highest BCUT2D eigenvalue weighted by atomic mass is 79.9. The molecule has 2 heterocycles. The molecule has 1 fully saturated rings. The van der Waals surface area contributed by atoms with Gasteiger partial charge in [-0.2, -0.15) is 0 Å². The number of piperidine rings is 1. The fourth-order valence-electron chi connectivity index (χ4n) is 2.53. The van der Waals surface area contributed by atoms with E-state index < -0.39 is 0 Å². The van der Waals surface area contributed by atoms with Gasteiger partial charge in [0.05, 0.1) is 11.0 Å². The number of hydrogen-bond acceptors (Lipinski definition) is 4. The van der Waals surface area contributed by atoms with Crippen molar-refractivity contribution in [3.63, 3.8) is 0 Å². The summed E-state index contributed by atoms with van der Waals surface area (Å²) in [5.74, 6) is -0.0301. The van der Waals surface area contributed by atoms with Gasteiger partial charge in [0.15, 0.2) is 0 Å². The first kappa shape index (κ1) is 16.2. The average molecular weight is 397 g/mol. The minimum Gasteiger partial charge on any atom is -0.458 e. The van der Waals surface area contributed by atoms with Crippen molar-refractivity contribution < 1.29 is 9.53 Å². The molecule has 1 aromatic heterocycles. The molecule has 0 saturated carbocycles. The van der Waals surface area contributed by atoms with E-state index in [1.54, 1.807) is 41.6 Å². The van der Waals surface area contributed by atoms with Crippen molar-refractivity contribution >= 4 is 33.4 Å². The Morgan fingerprint density at radius 1 is 1.35 bits per heavy atom. The molecule has 1 aliphatic rings. The molecule has 23 heavy (non-hydrogen) atoms. The summed E-state index contributed by atoms with van der Waals surface area (Å²) in [4.78, 5) is 22.6. The van der Waals surface area contributed by atoms with Crippen LogP contribution in [-0.2, 0) is 0 Å². The van der Waals surface area contributed by atoms with Crippen molar-refractivity contribution in [1.29, 1.82) is 0 Å². The zero-order valence-corrected chi connectivity index (χ0v) is 14.6. The Balaban J connectivity index is 1.66. The highest BCUT2D eigenvalue weighted by Crippen LogP contribution is 2.19. The molecule has 1 aromatic carbocycles. The summed E-state index contributed by atoms with van der Waals surface area (Å²) < 4.78 is 6.58. The van der Waals surface area contributed by atoms with Gasteiger partial charge in [-0.05, 0) is 47.0 Å². The smallest absolute Gasteiger partial charge is 0.316 e. The quantitative estimate of drug-likeness (QED) is 0.796. The number of rotatable bonds is 3. The first-order valence-electron chi connectivity index (χ1n) is 7.31. The molecule has 1 atom stereocenters. The highest BCUT2D eigenvalue weighted by molar-refractivity contribution is 9.10. The molecule has 0 aliphatic carbocycles. The van der Waals surface area contributed by atoms with Crippen molar-refractivity contribution in [3.8, 4) is 6.01 Å². The molecule has 0 spiro atoms.